The van der Waals surface area contributed by atoms with Crippen LogP contribution in [0.4, 0.5) is 10.5 Å². The third-order valence-electron chi connectivity index (χ3n) is 5.76. The van der Waals surface area contributed by atoms with Gasteiger partial charge >= 0.3 is 6.03 Å². The van der Waals surface area contributed by atoms with Gasteiger partial charge < -0.3 is 25.4 Å². The summed E-state index contributed by atoms with van der Waals surface area (Å²) in [7, 11) is 2.04. The van der Waals surface area contributed by atoms with Gasteiger partial charge in [0.25, 0.3) is 0 Å². The van der Waals surface area contributed by atoms with Crippen molar-refractivity contribution in [1.82, 2.24) is 19.8 Å². The van der Waals surface area contributed by atoms with E-state index in [1.165, 1.54) is 0 Å². The third-order valence-corrected chi connectivity index (χ3v) is 5.76. The predicted molar refractivity (Wildman–Crippen MR) is 122 cm³/mol. The molecule has 162 valence electrons. The Bertz CT molecular complexity index is 1080. The summed E-state index contributed by atoms with van der Waals surface area (Å²) >= 11 is 0. The van der Waals surface area contributed by atoms with E-state index in [0.29, 0.717) is 32.5 Å². The molecule has 0 radical (unpaired) electrons. The summed E-state index contributed by atoms with van der Waals surface area (Å²) in [6.45, 7) is 3.39. The Morgan fingerprint density at radius 3 is 2.58 bits per heavy atom. The molecular weight excluding hydrogens is 392 g/mol. The average Bonchev–Trinajstić information content (AvgIpc) is 3.13. The first-order chi connectivity index (χ1) is 15.0. The number of carbonyl (C=O) groups excluding carboxylic acids is 2. The molecule has 1 aliphatic rings. The van der Waals surface area contributed by atoms with Gasteiger partial charge in [-0.2, -0.15) is 0 Å². The van der Waals surface area contributed by atoms with E-state index in [1.807, 2.05) is 30.1 Å². The second kappa shape index (κ2) is 9.07. The molecule has 0 saturated carbocycles. The van der Waals surface area contributed by atoms with Crippen molar-refractivity contribution < 1.29 is 9.59 Å². The SMILES string of the molecule is Cn1c(-c2cccc(N3CCN(C(=O)CCCNC(N)=O)CC3)c2)nc2ccccc21. The summed E-state index contributed by atoms with van der Waals surface area (Å²) in [6.07, 6.45) is 1.02. The van der Waals surface area contributed by atoms with Crippen LogP contribution in [0.3, 0.4) is 0 Å². The molecule has 31 heavy (non-hydrogen) atoms. The fourth-order valence-electron chi connectivity index (χ4n) is 4.07. The van der Waals surface area contributed by atoms with Crippen LogP contribution >= 0.6 is 0 Å². The molecule has 3 amide bonds. The Morgan fingerprint density at radius 1 is 1.06 bits per heavy atom. The Morgan fingerprint density at radius 2 is 1.84 bits per heavy atom. The molecule has 0 atom stereocenters. The number of rotatable bonds is 6. The molecule has 8 nitrogen and oxygen atoms in total. The van der Waals surface area contributed by atoms with Gasteiger partial charge in [0, 0.05) is 57.4 Å². The van der Waals surface area contributed by atoms with Crippen molar-refractivity contribution in [2.75, 3.05) is 37.6 Å². The number of hydrogen-bond donors (Lipinski definition) is 2. The molecule has 1 aliphatic heterocycles. The number of aromatic nitrogens is 2. The lowest BCUT2D eigenvalue weighted by molar-refractivity contribution is -0.131. The summed E-state index contributed by atoms with van der Waals surface area (Å²) in [6, 6.07) is 16.0. The Kier molecular flexibility index (Phi) is 6.06. The summed E-state index contributed by atoms with van der Waals surface area (Å²) in [4.78, 5) is 32.1. The summed E-state index contributed by atoms with van der Waals surface area (Å²) < 4.78 is 2.12. The fraction of sp³-hybridized carbons (Fsp3) is 0.348. The molecule has 0 aliphatic carbocycles. The van der Waals surface area contributed by atoms with Crippen LogP contribution in [-0.2, 0) is 11.8 Å². The number of urea groups is 1. The zero-order valence-corrected chi connectivity index (χ0v) is 17.8. The molecule has 0 bridgehead atoms. The predicted octanol–water partition coefficient (Wildman–Crippen LogP) is 2.34. The number of amides is 3. The monoisotopic (exact) mass is 420 g/mol. The lowest BCUT2D eigenvalue weighted by Gasteiger charge is -2.36. The number of imidazole rings is 1. The van der Waals surface area contributed by atoms with Gasteiger partial charge in [0.05, 0.1) is 11.0 Å². The van der Waals surface area contributed by atoms with E-state index in [0.717, 1.165) is 41.2 Å². The molecule has 0 unspecified atom stereocenters. The number of benzene rings is 2. The number of anilines is 1. The molecule has 8 heteroatoms. The second-order valence-corrected chi connectivity index (χ2v) is 7.80. The summed E-state index contributed by atoms with van der Waals surface area (Å²) in [5.41, 5.74) is 9.36. The molecule has 3 N–H and O–H groups in total. The van der Waals surface area contributed by atoms with Gasteiger partial charge in [-0.1, -0.05) is 24.3 Å². The number of fused-ring (bicyclic) bond motifs is 1. The van der Waals surface area contributed by atoms with Crippen molar-refractivity contribution in [2.24, 2.45) is 12.8 Å². The van der Waals surface area contributed by atoms with Crippen LogP contribution in [-0.4, -0.2) is 59.1 Å². The van der Waals surface area contributed by atoms with Crippen LogP contribution in [0.1, 0.15) is 12.8 Å². The van der Waals surface area contributed by atoms with Crippen LogP contribution < -0.4 is 16.0 Å². The number of hydrogen-bond acceptors (Lipinski definition) is 4. The molecule has 2 heterocycles. The van der Waals surface area contributed by atoms with Crippen LogP contribution in [0.2, 0.25) is 0 Å². The molecule has 2 aromatic carbocycles. The van der Waals surface area contributed by atoms with E-state index in [2.05, 4.69) is 45.1 Å². The highest BCUT2D eigenvalue weighted by Crippen LogP contribution is 2.27. The number of primary amides is 1. The smallest absolute Gasteiger partial charge is 0.312 e. The van der Waals surface area contributed by atoms with Crippen LogP contribution in [0.5, 0.6) is 0 Å². The maximum absolute atomic E-state index is 12.4. The zero-order valence-electron chi connectivity index (χ0n) is 17.8. The maximum Gasteiger partial charge on any atom is 0.312 e. The Balaban J connectivity index is 1.39. The largest absolute Gasteiger partial charge is 0.368 e. The minimum atomic E-state index is -0.554. The van der Waals surface area contributed by atoms with Crippen molar-refractivity contribution in [1.29, 1.82) is 0 Å². The number of nitrogens with zero attached hydrogens (tertiary/aromatic N) is 4. The first-order valence-corrected chi connectivity index (χ1v) is 10.6. The van der Waals surface area contributed by atoms with E-state index >= 15 is 0 Å². The Hall–Kier alpha value is -3.55. The lowest BCUT2D eigenvalue weighted by atomic mass is 10.1. The van der Waals surface area contributed by atoms with Crippen LogP contribution in [0, 0.1) is 0 Å². The van der Waals surface area contributed by atoms with Gasteiger partial charge in [0.15, 0.2) is 0 Å². The highest BCUT2D eigenvalue weighted by molar-refractivity contribution is 5.81. The molecule has 0 spiro atoms. The second-order valence-electron chi connectivity index (χ2n) is 7.80. The fourth-order valence-corrected chi connectivity index (χ4v) is 4.07. The summed E-state index contributed by atoms with van der Waals surface area (Å²) in [5, 5.41) is 2.52. The highest BCUT2D eigenvalue weighted by atomic mass is 16.2. The van der Waals surface area contributed by atoms with Gasteiger partial charge in [0.1, 0.15) is 5.82 Å². The van der Waals surface area contributed by atoms with E-state index < -0.39 is 6.03 Å². The number of carbonyl (C=O) groups is 2. The zero-order chi connectivity index (χ0) is 21.8. The van der Waals surface area contributed by atoms with Crippen molar-refractivity contribution in [2.45, 2.75) is 12.8 Å². The Labute approximate surface area is 181 Å². The van der Waals surface area contributed by atoms with Crippen molar-refractivity contribution in [3.8, 4) is 11.4 Å². The number of nitrogens with one attached hydrogen (secondary N) is 1. The quantitative estimate of drug-likeness (QED) is 0.598. The van der Waals surface area contributed by atoms with Gasteiger partial charge in [-0.25, -0.2) is 9.78 Å². The van der Waals surface area contributed by atoms with Crippen LogP contribution in [0.15, 0.2) is 48.5 Å². The molecule has 3 aromatic rings. The van der Waals surface area contributed by atoms with Gasteiger partial charge in [-0.05, 0) is 30.7 Å². The normalized spacial score (nSPS) is 14.1. The first-order valence-electron chi connectivity index (χ1n) is 10.6. The molecular formula is C23H28N6O2. The molecule has 1 aromatic heterocycles. The lowest BCUT2D eigenvalue weighted by Crippen LogP contribution is -2.48. The third kappa shape index (κ3) is 4.63. The van der Waals surface area contributed by atoms with E-state index in [1.54, 1.807) is 0 Å². The average molecular weight is 421 g/mol. The van der Waals surface area contributed by atoms with Crippen molar-refractivity contribution in [3.63, 3.8) is 0 Å². The highest BCUT2D eigenvalue weighted by Gasteiger charge is 2.21. The van der Waals surface area contributed by atoms with E-state index in [9.17, 15) is 9.59 Å². The minimum Gasteiger partial charge on any atom is -0.368 e. The molecule has 1 saturated heterocycles. The number of piperazine rings is 1. The van der Waals surface area contributed by atoms with Gasteiger partial charge in [-0.3, -0.25) is 4.79 Å². The first kappa shape index (κ1) is 20.7. The standard InChI is InChI=1S/C23H28N6O2/c1-27-20-9-3-2-8-19(20)26-22(27)17-6-4-7-18(16-17)28-12-14-29(15-13-28)21(30)10-5-11-25-23(24)31/h2-4,6-9,16H,5,10-15H2,1H3,(H3,24,25,31). The van der Waals surface area contributed by atoms with Crippen molar-refractivity contribution >= 4 is 28.7 Å². The number of nitrogens with two attached hydrogens (primary N) is 1. The van der Waals surface area contributed by atoms with E-state index in [-0.39, 0.29) is 5.91 Å². The number of para-hydroxylation sites is 2. The minimum absolute atomic E-state index is 0.124. The summed E-state index contributed by atoms with van der Waals surface area (Å²) in [5.74, 6) is 1.07. The van der Waals surface area contributed by atoms with Crippen molar-refractivity contribution in [3.05, 3.63) is 48.5 Å². The van der Waals surface area contributed by atoms with Gasteiger partial charge in [0.2, 0.25) is 5.91 Å². The number of aryl methyl sites for hydroxylation is 1. The maximum atomic E-state index is 12.4. The van der Waals surface area contributed by atoms with E-state index in [4.69, 9.17) is 10.7 Å². The topological polar surface area (TPSA) is 96.5 Å². The molecule has 4 rings (SSSR count). The van der Waals surface area contributed by atoms with Gasteiger partial charge in [-0.15, -0.1) is 0 Å². The van der Waals surface area contributed by atoms with Crippen LogP contribution in [0.25, 0.3) is 22.4 Å². The molecule has 1 fully saturated rings.